The Hall–Kier alpha value is -2.28. The fourth-order valence-electron chi connectivity index (χ4n) is 2.42. The van der Waals surface area contributed by atoms with E-state index in [9.17, 15) is 4.79 Å². The zero-order chi connectivity index (χ0) is 11.8. The van der Waals surface area contributed by atoms with Gasteiger partial charge in [0.25, 0.3) is 5.91 Å². The molecule has 4 heteroatoms. The predicted octanol–water partition coefficient (Wildman–Crippen LogP) is 1.74. The number of hydrogen-bond acceptors (Lipinski definition) is 2. The lowest BCUT2D eigenvalue weighted by atomic mass is 10.0. The Morgan fingerprint density at radius 3 is 3.18 bits per heavy atom. The first kappa shape index (κ1) is 9.91. The standard InChI is InChI=1S/C13H11N3O/c14-5-4-9-6-8-7-15-11-3-1-2-10(12(8)11)13(17)16-9/h1-3,7,9,15H,4,6H2,(H,16,17). The van der Waals surface area contributed by atoms with Crippen LogP contribution < -0.4 is 5.32 Å². The van der Waals surface area contributed by atoms with E-state index in [1.807, 2.05) is 24.4 Å². The van der Waals surface area contributed by atoms with Crippen LogP contribution in [0.4, 0.5) is 0 Å². The number of amides is 1. The molecule has 4 nitrogen and oxygen atoms in total. The van der Waals surface area contributed by atoms with Gasteiger partial charge in [0.05, 0.1) is 12.5 Å². The van der Waals surface area contributed by atoms with Crippen LogP contribution in [0.1, 0.15) is 22.3 Å². The molecule has 2 heterocycles. The number of carbonyl (C=O) groups excluding carboxylic acids is 1. The minimum Gasteiger partial charge on any atom is -0.361 e. The van der Waals surface area contributed by atoms with Gasteiger partial charge in [0.15, 0.2) is 0 Å². The first-order valence-corrected chi connectivity index (χ1v) is 5.56. The molecule has 0 radical (unpaired) electrons. The molecule has 1 atom stereocenters. The summed E-state index contributed by atoms with van der Waals surface area (Å²) in [4.78, 5) is 15.2. The number of hydrogen-bond donors (Lipinski definition) is 2. The predicted molar refractivity (Wildman–Crippen MR) is 63.5 cm³/mol. The number of aromatic nitrogens is 1. The Morgan fingerprint density at radius 2 is 2.35 bits per heavy atom. The Morgan fingerprint density at radius 1 is 1.47 bits per heavy atom. The molecule has 1 aromatic heterocycles. The first-order valence-electron chi connectivity index (χ1n) is 5.56. The second-order valence-corrected chi connectivity index (χ2v) is 4.28. The van der Waals surface area contributed by atoms with E-state index in [1.54, 1.807) is 0 Å². The van der Waals surface area contributed by atoms with Gasteiger partial charge in [-0.15, -0.1) is 0 Å². The second-order valence-electron chi connectivity index (χ2n) is 4.28. The zero-order valence-electron chi connectivity index (χ0n) is 9.16. The van der Waals surface area contributed by atoms with Crippen LogP contribution in [0.3, 0.4) is 0 Å². The molecule has 2 N–H and O–H groups in total. The quantitative estimate of drug-likeness (QED) is 0.776. The van der Waals surface area contributed by atoms with E-state index in [2.05, 4.69) is 16.4 Å². The van der Waals surface area contributed by atoms with Gasteiger partial charge >= 0.3 is 0 Å². The van der Waals surface area contributed by atoms with Crippen LogP contribution in [0.5, 0.6) is 0 Å². The SMILES string of the molecule is N#CCC1Cc2c[nH]c3cccc(c23)C(=O)N1. The van der Waals surface area contributed by atoms with Gasteiger partial charge in [-0.05, 0) is 24.1 Å². The number of nitrogens with zero attached hydrogens (tertiary/aromatic N) is 1. The maximum absolute atomic E-state index is 12.0. The van der Waals surface area contributed by atoms with Gasteiger partial charge in [-0.2, -0.15) is 5.26 Å². The van der Waals surface area contributed by atoms with Gasteiger partial charge in [0.1, 0.15) is 0 Å². The minimum absolute atomic E-state index is 0.0887. The molecule has 0 saturated heterocycles. The van der Waals surface area contributed by atoms with Crippen molar-refractivity contribution in [2.24, 2.45) is 0 Å². The van der Waals surface area contributed by atoms with E-state index in [4.69, 9.17) is 5.26 Å². The largest absolute Gasteiger partial charge is 0.361 e. The third-order valence-corrected chi connectivity index (χ3v) is 3.17. The highest BCUT2D eigenvalue weighted by Crippen LogP contribution is 2.26. The van der Waals surface area contributed by atoms with E-state index in [0.717, 1.165) is 16.5 Å². The van der Waals surface area contributed by atoms with Crippen LogP contribution in [0.15, 0.2) is 24.4 Å². The van der Waals surface area contributed by atoms with Gasteiger partial charge in [-0.3, -0.25) is 4.79 Å². The number of benzene rings is 1. The van der Waals surface area contributed by atoms with Crippen LogP contribution in [0, 0.1) is 11.3 Å². The molecule has 17 heavy (non-hydrogen) atoms. The average Bonchev–Trinajstić information content (AvgIpc) is 2.66. The lowest BCUT2D eigenvalue weighted by Crippen LogP contribution is -2.34. The minimum atomic E-state index is -0.0982. The van der Waals surface area contributed by atoms with Crippen molar-refractivity contribution in [1.82, 2.24) is 10.3 Å². The zero-order valence-corrected chi connectivity index (χ0v) is 9.16. The lowest BCUT2D eigenvalue weighted by molar-refractivity contribution is 0.0941. The molecule has 1 aliphatic heterocycles. The molecule has 2 aromatic rings. The smallest absolute Gasteiger partial charge is 0.252 e. The molecule has 0 saturated carbocycles. The van der Waals surface area contributed by atoms with Crippen LogP contribution in [-0.4, -0.2) is 16.9 Å². The molecule has 0 bridgehead atoms. The summed E-state index contributed by atoms with van der Waals surface area (Å²) in [5, 5.41) is 12.6. The number of aromatic amines is 1. The number of rotatable bonds is 1. The van der Waals surface area contributed by atoms with Crippen molar-refractivity contribution >= 4 is 16.8 Å². The maximum atomic E-state index is 12.0. The van der Waals surface area contributed by atoms with E-state index in [1.165, 1.54) is 0 Å². The Labute approximate surface area is 98.2 Å². The number of nitriles is 1. The molecule has 1 aliphatic rings. The average molecular weight is 225 g/mol. The van der Waals surface area contributed by atoms with Crippen molar-refractivity contribution in [3.8, 4) is 6.07 Å². The summed E-state index contributed by atoms with van der Waals surface area (Å²) in [7, 11) is 0. The molecular weight excluding hydrogens is 214 g/mol. The van der Waals surface area contributed by atoms with Crippen LogP contribution in [-0.2, 0) is 6.42 Å². The summed E-state index contributed by atoms with van der Waals surface area (Å²) in [5.41, 5.74) is 2.78. The second kappa shape index (κ2) is 3.63. The maximum Gasteiger partial charge on any atom is 0.252 e. The summed E-state index contributed by atoms with van der Waals surface area (Å²) in [6.45, 7) is 0. The third kappa shape index (κ3) is 1.48. The number of nitrogens with one attached hydrogen (secondary N) is 2. The summed E-state index contributed by atoms with van der Waals surface area (Å²) < 4.78 is 0. The van der Waals surface area contributed by atoms with E-state index in [-0.39, 0.29) is 11.9 Å². The molecule has 1 amide bonds. The van der Waals surface area contributed by atoms with Gasteiger partial charge < -0.3 is 10.3 Å². The molecule has 84 valence electrons. The van der Waals surface area contributed by atoms with Gasteiger partial charge in [-0.1, -0.05) is 6.07 Å². The highest BCUT2D eigenvalue weighted by Gasteiger charge is 2.23. The van der Waals surface area contributed by atoms with Gasteiger partial charge in [0, 0.05) is 28.7 Å². The fraction of sp³-hybridized carbons (Fsp3) is 0.231. The highest BCUT2D eigenvalue weighted by molar-refractivity contribution is 6.08. The number of H-pyrrole nitrogens is 1. The Balaban J connectivity index is 2.18. The van der Waals surface area contributed by atoms with Crippen molar-refractivity contribution in [1.29, 1.82) is 5.26 Å². The number of carbonyl (C=O) groups is 1. The van der Waals surface area contributed by atoms with Gasteiger partial charge in [0.2, 0.25) is 0 Å². The van der Waals surface area contributed by atoms with Crippen molar-refractivity contribution in [2.45, 2.75) is 18.9 Å². The third-order valence-electron chi connectivity index (χ3n) is 3.17. The van der Waals surface area contributed by atoms with Crippen molar-refractivity contribution in [2.75, 3.05) is 0 Å². The molecule has 0 aliphatic carbocycles. The highest BCUT2D eigenvalue weighted by atomic mass is 16.1. The van der Waals surface area contributed by atoms with Crippen molar-refractivity contribution < 1.29 is 4.79 Å². The van der Waals surface area contributed by atoms with Crippen molar-refractivity contribution in [3.05, 3.63) is 35.5 Å². The monoisotopic (exact) mass is 225 g/mol. The van der Waals surface area contributed by atoms with E-state index < -0.39 is 0 Å². The molecule has 0 spiro atoms. The molecule has 3 rings (SSSR count). The van der Waals surface area contributed by atoms with Crippen LogP contribution in [0.25, 0.3) is 10.9 Å². The van der Waals surface area contributed by atoms with Crippen LogP contribution >= 0.6 is 0 Å². The molecule has 0 fully saturated rings. The summed E-state index contributed by atoms with van der Waals surface area (Å²) in [5.74, 6) is -0.0887. The van der Waals surface area contributed by atoms with Crippen molar-refractivity contribution in [3.63, 3.8) is 0 Å². The normalized spacial score (nSPS) is 18.5. The summed E-state index contributed by atoms with van der Waals surface area (Å²) in [6.07, 6.45) is 2.97. The van der Waals surface area contributed by atoms with E-state index in [0.29, 0.717) is 18.4 Å². The topological polar surface area (TPSA) is 68.7 Å². The molecule has 1 aromatic carbocycles. The van der Waals surface area contributed by atoms with Crippen LogP contribution in [0.2, 0.25) is 0 Å². The molecule has 1 unspecified atom stereocenters. The summed E-state index contributed by atoms with van der Waals surface area (Å²) >= 11 is 0. The summed E-state index contributed by atoms with van der Waals surface area (Å²) in [6, 6.07) is 7.66. The Kier molecular flexibility index (Phi) is 2.12. The Bertz CT molecular complexity index is 636. The van der Waals surface area contributed by atoms with E-state index >= 15 is 0 Å². The van der Waals surface area contributed by atoms with Gasteiger partial charge in [-0.25, -0.2) is 0 Å². The lowest BCUT2D eigenvalue weighted by Gasteiger charge is -2.11. The molecular formula is C13H11N3O. The fourth-order valence-corrected chi connectivity index (χ4v) is 2.42. The first-order chi connectivity index (χ1) is 8.29.